The minimum absolute atomic E-state index is 0.219. The lowest BCUT2D eigenvalue weighted by Gasteiger charge is -2.38. The molecule has 0 spiro atoms. The fraction of sp³-hybridized carbons (Fsp3) is 0.611. The molecule has 4 heteroatoms. The van der Waals surface area contributed by atoms with Gasteiger partial charge in [0.25, 0.3) is 0 Å². The van der Waals surface area contributed by atoms with Crippen molar-refractivity contribution in [2.45, 2.75) is 71.2 Å². The molecule has 0 saturated heterocycles. The molecular weight excluding hydrogens is 276 g/mol. The topological polar surface area (TPSA) is 50.4 Å². The van der Waals surface area contributed by atoms with Crippen molar-refractivity contribution in [3.05, 3.63) is 35.4 Å². The van der Waals surface area contributed by atoms with Gasteiger partial charge in [0.15, 0.2) is 0 Å². The normalized spacial score (nSPS) is 22.6. The summed E-state index contributed by atoms with van der Waals surface area (Å²) >= 11 is 0. The van der Waals surface area contributed by atoms with Crippen LogP contribution in [0.2, 0.25) is 0 Å². The van der Waals surface area contributed by atoms with Gasteiger partial charge in [0.2, 0.25) is 0 Å². The Morgan fingerprint density at radius 1 is 1.23 bits per heavy atom. The molecule has 0 aliphatic heterocycles. The first kappa shape index (κ1) is 16.8. The molecule has 1 fully saturated rings. The maximum atomic E-state index is 11.7. The van der Waals surface area contributed by atoms with Crippen LogP contribution in [0.1, 0.15) is 57.7 Å². The van der Waals surface area contributed by atoms with Gasteiger partial charge in [-0.05, 0) is 58.6 Å². The highest BCUT2D eigenvalue weighted by Gasteiger charge is 2.32. The number of aryl methyl sites for hydroxylation is 1. The Bertz CT molecular complexity index is 516. The molecular formula is C18H28N2O2. The van der Waals surface area contributed by atoms with Crippen molar-refractivity contribution in [2.24, 2.45) is 0 Å². The van der Waals surface area contributed by atoms with Crippen molar-refractivity contribution < 1.29 is 9.53 Å². The molecule has 0 aromatic heterocycles. The molecule has 122 valence electrons. The lowest BCUT2D eigenvalue weighted by atomic mass is 9.85. The van der Waals surface area contributed by atoms with Gasteiger partial charge in [-0.2, -0.15) is 0 Å². The van der Waals surface area contributed by atoms with Crippen LogP contribution in [0.15, 0.2) is 24.3 Å². The number of amides is 1. The molecule has 1 amide bonds. The minimum atomic E-state index is -0.440. The Morgan fingerprint density at radius 2 is 1.86 bits per heavy atom. The van der Waals surface area contributed by atoms with Crippen molar-refractivity contribution in [1.29, 1.82) is 0 Å². The number of hydrogen-bond donors (Lipinski definition) is 2. The van der Waals surface area contributed by atoms with E-state index in [0.717, 1.165) is 12.8 Å². The highest BCUT2D eigenvalue weighted by Crippen LogP contribution is 2.25. The van der Waals surface area contributed by atoms with Gasteiger partial charge in [-0.15, -0.1) is 0 Å². The molecule has 22 heavy (non-hydrogen) atoms. The van der Waals surface area contributed by atoms with Crippen LogP contribution in [0, 0.1) is 6.92 Å². The average molecular weight is 304 g/mol. The van der Waals surface area contributed by atoms with Crippen molar-refractivity contribution in [3.63, 3.8) is 0 Å². The number of carbonyl (C=O) groups excluding carboxylic acids is 1. The first-order valence-corrected chi connectivity index (χ1v) is 8.05. The Hall–Kier alpha value is -1.55. The molecule has 0 radical (unpaired) electrons. The van der Waals surface area contributed by atoms with Crippen molar-refractivity contribution >= 4 is 6.09 Å². The summed E-state index contributed by atoms with van der Waals surface area (Å²) in [6.45, 7) is 9.96. The van der Waals surface area contributed by atoms with Gasteiger partial charge in [0.1, 0.15) is 5.60 Å². The van der Waals surface area contributed by atoms with Crippen LogP contribution in [0.25, 0.3) is 0 Å². The number of rotatable bonds is 4. The summed E-state index contributed by atoms with van der Waals surface area (Å²) in [6.07, 6.45) is 1.59. The van der Waals surface area contributed by atoms with Crippen molar-refractivity contribution in [1.82, 2.24) is 10.6 Å². The van der Waals surface area contributed by atoms with Crippen LogP contribution in [-0.2, 0) is 4.74 Å². The molecule has 2 rings (SSSR count). The van der Waals surface area contributed by atoms with Crippen molar-refractivity contribution in [3.8, 4) is 0 Å². The average Bonchev–Trinajstić information content (AvgIpc) is 2.34. The van der Waals surface area contributed by atoms with Crippen LogP contribution >= 0.6 is 0 Å². The molecule has 1 atom stereocenters. The summed E-state index contributed by atoms with van der Waals surface area (Å²) in [5, 5.41) is 6.56. The van der Waals surface area contributed by atoms with Crippen LogP contribution in [0.3, 0.4) is 0 Å². The second kappa shape index (κ2) is 6.69. The van der Waals surface area contributed by atoms with E-state index in [1.54, 1.807) is 0 Å². The number of alkyl carbamates (subject to hydrolysis) is 1. The Balaban J connectivity index is 1.73. The monoisotopic (exact) mass is 304 g/mol. The molecule has 1 aromatic carbocycles. The fourth-order valence-electron chi connectivity index (χ4n) is 2.86. The molecule has 1 aliphatic rings. The second-order valence-electron chi connectivity index (χ2n) is 7.26. The molecule has 1 aromatic rings. The molecule has 0 heterocycles. The smallest absolute Gasteiger partial charge is 0.407 e. The summed E-state index contributed by atoms with van der Waals surface area (Å²) in [4.78, 5) is 11.7. The van der Waals surface area contributed by atoms with Gasteiger partial charge in [-0.1, -0.05) is 24.3 Å². The van der Waals surface area contributed by atoms with Gasteiger partial charge in [0, 0.05) is 18.1 Å². The quantitative estimate of drug-likeness (QED) is 0.891. The Kier molecular flexibility index (Phi) is 5.12. The van der Waals surface area contributed by atoms with Gasteiger partial charge in [0.05, 0.1) is 0 Å². The third kappa shape index (κ3) is 4.73. The largest absolute Gasteiger partial charge is 0.444 e. The molecule has 1 unspecified atom stereocenters. The summed E-state index contributed by atoms with van der Waals surface area (Å²) in [6, 6.07) is 9.45. The van der Waals surface area contributed by atoms with Crippen LogP contribution in [-0.4, -0.2) is 23.8 Å². The Morgan fingerprint density at radius 3 is 2.45 bits per heavy atom. The molecule has 1 saturated carbocycles. The van der Waals surface area contributed by atoms with E-state index in [-0.39, 0.29) is 12.1 Å². The number of nitrogens with one attached hydrogen (secondary N) is 2. The standard InChI is InChI=1S/C18H28N2O2/c1-12-8-6-7-9-16(12)13(2)19-14-10-15(11-14)20-17(21)22-18(3,4)5/h6-9,13-15,19H,10-11H2,1-5H3,(H,20,21). The molecule has 2 N–H and O–H groups in total. The van der Waals surface area contributed by atoms with E-state index in [1.165, 1.54) is 11.1 Å². The zero-order valence-corrected chi connectivity index (χ0v) is 14.3. The zero-order valence-electron chi connectivity index (χ0n) is 14.3. The van der Waals surface area contributed by atoms with Crippen LogP contribution in [0.4, 0.5) is 4.79 Å². The van der Waals surface area contributed by atoms with Gasteiger partial charge in [-0.3, -0.25) is 0 Å². The van der Waals surface area contributed by atoms with E-state index >= 15 is 0 Å². The van der Waals surface area contributed by atoms with Gasteiger partial charge in [-0.25, -0.2) is 4.79 Å². The van der Waals surface area contributed by atoms with Crippen LogP contribution < -0.4 is 10.6 Å². The lowest BCUT2D eigenvalue weighted by Crippen LogP contribution is -2.53. The maximum Gasteiger partial charge on any atom is 0.407 e. The SMILES string of the molecule is Cc1ccccc1C(C)NC1CC(NC(=O)OC(C)(C)C)C1. The maximum absolute atomic E-state index is 11.7. The van der Waals surface area contributed by atoms with E-state index < -0.39 is 5.60 Å². The van der Waals surface area contributed by atoms with Gasteiger partial charge >= 0.3 is 6.09 Å². The molecule has 4 nitrogen and oxygen atoms in total. The highest BCUT2D eigenvalue weighted by molar-refractivity contribution is 5.68. The zero-order chi connectivity index (χ0) is 16.3. The third-order valence-electron chi connectivity index (χ3n) is 4.00. The Labute approximate surface area is 133 Å². The summed E-state index contributed by atoms with van der Waals surface area (Å²) in [5.41, 5.74) is 2.21. The van der Waals surface area contributed by atoms with Crippen molar-refractivity contribution in [2.75, 3.05) is 0 Å². The third-order valence-corrected chi connectivity index (χ3v) is 4.00. The second-order valence-corrected chi connectivity index (χ2v) is 7.26. The molecule has 0 bridgehead atoms. The van der Waals surface area contributed by atoms with E-state index in [1.807, 2.05) is 20.8 Å². The number of ether oxygens (including phenoxy) is 1. The summed E-state index contributed by atoms with van der Waals surface area (Å²) in [5.74, 6) is 0. The fourth-order valence-corrected chi connectivity index (χ4v) is 2.86. The molecule has 1 aliphatic carbocycles. The number of hydrogen-bond acceptors (Lipinski definition) is 3. The predicted octanol–water partition coefficient (Wildman–Crippen LogP) is 3.70. The van der Waals surface area contributed by atoms with E-state index in [2.05, 4.69) is 48.7 Å². The first-order chi connectivity index (χ1) is 10.2. The lowest BCUT2D eigenvalue weighted by molar-refractivity contribution is 0.0463. The van der Waals surface area contributed by atoms with E-state index in [0.29, 0.717) is 12.1 Å². The van der Waals surface area contributed by atoms with Gasteiger partial charge < -0.3 is 15.4 Å². The predicted molar refractivity (Wildman–Crippen MR) is 88.9 cm³/mol. The van der Waals surface area contributed by atoms with E-state index in [9.17, 15) is 4.79 Å². The number of carbonyl (C=O) groups is 1. The number of benzene rings is 1. The van der Waals surface area contributed by atoms with Crippen LogP contribution in [0.5, 0.6) is 0 Å². The highest BCUT2D eigenvalue weighted by atomic mass is 16.6. The summed E-state index contributed by atoms with van der Waals surface area (Å²) < 4.78 is 5.28. The first-order valence-electron chi connectivity index (χ1n) is 8.05. The minimum Gasteiger partial charge on any atom is -0.444 e. The summed E-state index contributed by atoms with van der Waals surface area (Å²) in [7, 11) is 0. The van der Waals surface area contributed by atoms with E-state index in [4.69, 9.17) is 4.74 Å².